The third-order valence-electron chi connectivity index (χ3n) is 3.71. The lowest BCUT2D eigenvalue weighted by Crippen LogP contribution is -2.38. The van der Waals surface area contributed by atoms with Gasteiger partial charge in [0.25, 0.3) is 0 Å². The highest BCUT2D eigenvalue weighted by Crippen LogP contribution is 2.39. The molecule has 0 aromatic heterocycles. The van der Waals surface area contributed by atoms with Crippen LogP contribution in [0, 0.1) is 5.82 Å². The van der Waals surface area contributed by atoms with Crippen molar-refractivity contribution in [1.82, 2.24) is 0 Å². The van der Waals surface area contributed by atoms with Crippen LogP contribution >= 0.6 is 0 Å². The molecule has 0 saturated heterocycles. The van der Waals surface area contributed by atoms with Gasteiger partial charge in [-0.15, -0.1) is 0 Å². The predicted molar refractivity (Wildman–Crippen MR) is 62.2 cm³/mol. The van der Waals surface area contributed by atoms with E-state index in [4.69, 9.17) is 0 Å². The van der Waals surface area contributed by atoms with Gasteiger partial charge in [0.2, 0.25) is 0 Å². The average Bonchev–Trinajstić information content (AvgIpc) is 2.30. The minimum Gasteiger partial charge on any atom is -0.300 e. The second-order valence-corrected chi connectivity index (χ2v) is 4.69. The molecule has 1 aliphatic rings. The van der Waals surface area contributed by atoms with Gasteiger partial charge in [0, 0.05) is 12.8 Å². The summed E-state index contributed by atoms with van der Waals surface area (Å²) in [6.45, 7) is 1.53. The van der Waals surface area contributed by atoms with Crippen molar-refractivity contribution in [3.05, 3.63) is 35.6 Å². The molecule has 17 heavy (non-hydrogen) atoms. The molecule has 0 spiro atoms. The van der Waals surface area contributed by atoms with Crippen LogP contribution in [0.1, 0.15) is 38.2 Å². The fourth-order valence-corrected chi connectivity index (χ4v) is 2.59. The maximum Gasteiger partial charge on any atom is 0.140 e. The third-order valence-corrected chi connectivity index (χ3v) is 3.71. The zero-order valence-electron chi connectivity index (χ0n) is 9.83. The molecule has 0 heterocycles. The molecule has 1 saturated carbocycles. The van der Waals surface area contributed by atoms with Gasteiger partial charge in [-0.25, -0.2) is 4.39 Å². The number of benzene rings is 1. The topological polar surface area (TPSA) is 34.1 Å². The fraction of sp³-hybridized carbons (Fsp3) is 0.429. The average molecular weight is 234 g/mol. The first-order valence-electron chi connectivity index (χ1n) is 5.83. The van der Waals surface area contributed by atoms with Crippen molar-refractivity contribution >= 4 is 11.6 Å². The van der Waals surface area contributed by atoms with E-state index >= 15 is 0 Å². The number of carbonyl (C=O) groups is 2. The number of rotatable bonds is 2. The molecule has 0 N–H and O–H groups in total. The SMILES string of the molecule is CC(=O)C1(c2cccc(F)c2)CCC(=O)CC1. The molecule has 0 bridgehead atoms. The Bertz CT molecular complexity index is 455. The van der Waals surface area contributed by atoms with E-state index in [1.54, 1.807) is 12.1 Å². The van der Waals surface area contributed by atoms with Crippen LogP contribution in [-0.4, -0.2) is 11.6 Å². The van der Waals surface area contributed by atoms with E-state index in [0.29, 0.717) is 31.2 Å². The van der Waals surface area contributed by atoms with Gasteiger partial charge in [0.1, 0.15) is 17.4 Å². The lowest BCUT2D eigenvalue weighted by atomic mass is 9.67. The van der Waals surface area contributed by atoms with Crippen molar-refractivity contribution < 1.29 is 14.0 Å². The van der Waals surface area contributed by atoms with Gasteiger partial charge in [0.05, 0.1) is 5.41 Å². The third kappa shape index (κ3) is 2.14. The van der Waals surface area contributed by atoms with Crippen LogP contribution in [0.5, 0.6) is 0 Å². The number of ketones is 2. The van der Waals surface area contributed by atoms with E-state index in [0.717, 1.165) is 0 Å². The minimum absolute atomic E-state index is 0.0237. The summed E-state index contributed by atoms with van der Waals surface area (Å²) >= 11 is 0. The highest BCUT2D eigenvalue weighted by Gasteiger charge is 2.40. The summed E-state index contributed by atoms with van der Waals surface area (Å²) in [6, 6.07) is 6.18. The Morgan fingerprint density at radius 3 is 2.47 bits per heavy atom. The normalized spacial score (nSPS) is 19.1. The van der Waals surface area contributed by atoms with Gasteiger partial charge in [-0.2, -0.15) is 0 Å². The van der Waals surface area contributed by atoms with Crippen molar-refractivity contribution in [2.75, 3.05) is 0 Å². The summed E-state index contributed by atoms with van der Waals surface area (Å²) < 4.78 is 13.3. The minimum atomic E-state index is -0.657. The van der Waals surface area contributed by atoms with Crippen LogP contribution in [0.25, 0.3) is 0 Å². The summed E-state index contributed by atoms with van der Waals surface area (Å²) in [5, 5.41) is 0. The van der Waals surface area contributed by atoms with Crippen molar-refractivity contribution in [1.29, 1.82) is 0 Å². The van der Waals surface area contributed by atoms with Gasteiger partial charge in [-0.3, -0.25) is 9.59 Å². The molecular weight excluding hydrogens is 219 g/mol. The Morgan fingerprint density at radius 2 is 1.94 bits per heavy atom. The maximum absolute atomic E-state index is 13.3. The summed E-state index contributed by atoms with van der Waals surface area (Å²) in [6.07, 6.45) is 1.83. The first-order chi connectivity index (χ1) is 8.04. The molecule has 1 aromatic carbocycles. The van der Waals surface area contributed by atoms with Crippen LogP contribution in [0.15, 0.2) is 24.3 Å². The summed E-state index contributed by atoms with van der Waals surface area (Å²) in [5.74, 6) is -0.117. The van der Waals surface area contributed by atoms with E-state index < -0.39 is 5.41 Å². The van der Waals surface area contributed by atoms with Crippen molar-refractivity contribution in [2.24, 2.45) is 0 Å². The van der Waals surface area contributed by atoms with Crippen molar-refractivity contribution in [2.45, 2.75) is 38.0 Å². The molecular formula is C14H15FO2. The number of Topliss-reactive ketones (excluding diaryl/α,β-unsaturated/α-hetero) is 2. The van der Waals surface area contributed by atoms with Crippen LogP contribution in [0.4, 0.5) is 4.39 Å². The number of hydrogen-bond acceptors (Lipinski definition) is 2. The van der Waals surface area contributed by atoms with Crippen LogP contribution < -0.4 is 0 Å². The number of halogens is 1. The first kappa shape index (κ1) is 12.0. The molecule has 0 aliphatic heterocycles. The maximum atomic E-state index is 13.3. The van der Waals surface area contributed by atoms with E-state index in [1.807, 2.05) is 0 Å². The first-order valence-corrected chi connectivity index (χ1v) is 5.83. The summed E-state index contributed by atoms with van der Waals surface area (Å²) in [5.41, 5.74) is 0.0493. The quantitative estimate of drug-likeness (QED) is 0.788. The second kappa shape index (κ2) is 4.40. The Hall–Kier alpha value is -1.51. The Morgan fingerprint density at radius 1 is 1.29 bits per heavy atom. The smallest absolute Gasteiger partial charge is 0.140 e. The molecule has 3 heteroatoms. The van der Waals surface area contributed by atoms with Gasteiger partial charge in [-0.05, 0) is 37.5 Å². The summed E-state index contributed by atoms with van der Waals surface area (Å²) in [4.78, 5) is 23.2. The Labute approximate surface area is 99.8 Å². The predicted octanol–water partition coefficient (Wildman–Crippen LogP) is 2.80. The van der Waals surface area contributed by atoms with E-state index in [9.17, 15) is 14.0 Å². The number of carbonyl (C=O) groups excluding carboxylic acids is 2. The van der Waals surface area contributed by atoms with Crippen LogP contribution in [-0.2, 0) is 15.0 Å². The fourth-order valence-electron chi connectivity index (χ4n) is 2.59. The van der Waals surface area contributed by atoms with Crippen molar-refractivity contribution in [3.8, 4) is 0 Å². The van der Waals surface area contributed by atoms with Crippen molar-refractivity contribution in [3.63, 3.8) is 0 Å². The monoisotopic (exact) mass is 234 g/mol. The molecule has 1 fully saturated rings. The zero-order valence-corrected chi connectivity index (χ0v) is 9.83. The van der Waals surface area contributed by atoms with Crippen LogP contribution in [0.3, 0.4) is 0 Å². The molecule has 0 radical (unpaired) electrons. The van der Waals surface area contributed by atoms with Gasteiger partial charge in [0.15, 0.2) is 0 Å². The highest BCUT2D eigenvalue weighted by atomic mass is 19.1. The van der Waals surface area contributed by atoms with Gasteiger partial charge >= 0.3 is 0 Å². The van der Waals surface area contributed by atoms with E-state index in [1.165, 1.54) is 19.1 Å². The Balaban J connectivity index is 2.41. The molecule has 2 rings (SSSR count). The van der Waals surface area contributed by atoms with Gasteiger partial charge < -0.3 is 0 Å². The largest absolute Gasteiger partial charge is 0.300 e. The summed E-state index contributed by atoms with van der Waals surface area (Å²) in [7, 11) is 0. The van der Waals surface area contributed by atoms with E-state index in [-0.39, 0.29) is 17.4 Å². The zero-order chi connectivity index (χ0) is 12.5. The Kier molecular flexibility index (Phi) is 3.09. The lowest BCUT2D eigenvalue weighted by Gasteiger charge is -2.34. The standard InChI is InChI=1S/C14H15FO2/c1-10(16)14(7-5-13(17)6-8-14)11-3-2-4-12(15)9-11/h2-4,9H,5-8H2,1H3. The molecule has 1 aromatic rings. The highest BCUT2D eigenvalue weighted by molar-refractivity contribution is 5.91. The number of hydrogen-bond donors (Lipinski definition) is 0. The van der Waals surface area contributed by atoms with Crippen LogP contribution in [0.2, 0.25) is 0 Å². The molecule has 1 aliphatic carbocycles. The van der Waals surface area contributed by atoms with E-state index in [2.05, 4.69) is 0 Å². The molecule has 0 amide bonds. The molecule has 0 unspecified atom stereocenters. The van der Waals surface area contributed by atoms with Gasteiger partial charge in [-0.1, -0.05) is 12.1 Å². The second-order valence-electron chi connectivity index (χ2n) is 4.69. The molecule has 90 valence electrons. The lowest BCUT2D eigenvalue weighted by molar-refractivity contribution is -0.127. The molecule has 2 nitrogen and oxygen atoms in total. The molecule has 0 atom stereocenters.